The lowest BCUT2D eigenvalue weighted by Crippen LogP contribution is -2.46. The molecule has 0 bridgehead atoms. The van der Waals surface area contributed by atoms with Gasteiger partial charge in [-0.25, -0.2) is 4.79 Å². The summed E-state index contributed by atoms with van der Waals surface area (Å²) in [6, 6.07) is -0.205. The Kier molecular flexibility index (Phi) is 9.65. The van der Waals surface area contributed by atoms with Crippen LogP contribution in [-0.4, -0.2) is 69.7 Å². The first-order chi connectivity index (χ1) is 15.2. The van der Waals surface area contributed by atoms with E-state index in [1.165, 1.54) is 0 Å². The van der Waals surface area contributed by atoms with Gasteiger partial charge in [0.25, 0.3) is 0 Å². The van der Waals surface area contributed by atoms with Crippen LogP contribution in [-0.2, 0) is 18.6 Å². The molecule has 2 aliphatic rings. The van der Waals surface area contributed by atoms with Crippen LogP contribution >= 0.6 is 0 Å². The standard InChI is InChI=1S/C23H44N4O5Si/c1-22(2,3)31-21(28)27-15-18(32-33(7,8)23(4,5)6)13-19(27)17(14-25-26-24)16-30-20-11-9-10-12-29-20/h17-20H,9-16H2,1-8H3/t17?,18-,19+,20?/m1/s1. The molecule has 9 nitrogen and oxygen atoms in total. The summed E-state index contributed by atoms with van der Waals surface area (Å²) < 4.78 is 24.2. The Balaban J connectivity index is 2.22. The first kappa shape index (κ1) is 27.9. The second kappa shape index (κ2) is 11.4. The molecule has 0 N–H and O–H groups in total. The Morgan fingerprint density at radius 2 is 1.94 bits per heavy atom. The molecule has 0 aromatic carbocycles. The first-order valence-electron chi connectivity index (χ1n) is 12.1. The smallest absolute Gasteiger partial charge is 0.410 e. The fraction of sp³-hybridized carbons (Fsp3) is 0.957. The monoisotopic (exact) mass is 484 g/mol. The van der Waals surface area contributed by atoms with Crippen molar-refractivity contribution in [3.05, 3.63) is 10.4 Å². The van der Waals surface area contributed by atoms with Crippen LogP contribution in [0.2, 0.25) is 18.1 Å². The van der Waals surface area contributed by atoms with E-state index in [9.17, 15) is 4.79 Å². The summed E-state index contributed by atoms with van der Waals surface area (Å²) in [6.07, 6.45) is 2.92. The zero-order chi connectivity index (χ0) is 24.9. The predicted molar refractivity (Wildman–Crippen MR) is 130 cm³/mol. The molecule has 33 heavy (non-hydrogen) atoms. The molecule has 190 valence electrons. The summed E-state index contributed by atoms with van der Waals surface area (Å²) in [7, 11) is -2.03. The fourth-order valence-electron chi connectivity index (χ4n) is 3.98. The normalized spacial score (nSPS) is 25.5. The Morgan fingerprint density at radius 1 is 1.24 bits per heavy atom. The number of amides is 1. The van der Waals surface area contributed by atoms with E-state index in [-0.39, 0.29) is 42.0 Å². The average Bonchev–Trinajstić information content (AvgIpc) is 3.10. The van der Waals surface area contributed by atoms with E-state index in [1.54, 1.807) is 4.90 Å². The third-order valence-corrected chi connectivity index (χ3v) is 11.3. The number of likely N-dealkylation sites (tertiary alicyclic amines) is 1. The van der Waals surface area contributed by atoms with E-state index < -0.39 is 13.9 Å². The molecule has 1 amide bonds. The van der Waals surface area contributed by atoms with Crippen LogP contribution in [0.3, 0.4) is 0 Å². The molecule has 0 aromatic heterocycles. The molecular formula is C23H44N4O5Si. The van der Waals surface area contributed by atoms with Gasteiger partial charge in [-0.15, -0.1) is 0 Å². The SMILES string of the molecule is CC(C)(C)OC(=O)N1C[C@H](O[Si](C)(C)C(C)(C)C)C[C@H]1C(CN=[N+]=[N-])COC1CCCCO1. The Hall–Kier alpha value is -1.32. The average molecular weight is 485 g/mol. The van der Waals surface area contributed by atoms with Crippen molar-refractivity contribution in [1.82, 2.24) is 4.90 Å². The highest BCUT2D eigenvalue weighted by molar-refractivity contribution is 6.74. The third kappa shape index (κ3) is 8.44. The van der Waals surface area contributed by atoms with E-state index >= 15 is 0 Å². The molecule has 0 saturated carbocycles. The van der Waals surface area contributed by atoms with E-state index in [1.807, 2.05) is 20.8 Å². The van der Waals surface area contributed by atoms with Crippen molar-refractivity contribution >= 4 is 14.4 Å². The molecule has 0 aliphatic carbocycles. The highest BCUT2D eigenvalue weighted by Gasteiger charge is 2.46. The summed E-state index contributed by atoms with van der Waals surface area (Å²) in [4.78, 5) is 17.9. The highest BCUT2D eigenvalue weighted by atomic mass is 28.4. The van der Waals surface area contributed by atoms with E-state index in [2.05, 4.69) is 43.9 Å². The first-order valence-corrected chi connectivity index (χ1v) is 15.1. The van der Waals surface area contributed by atoms with E-state index in [4.69, 9.17) is 24.2 Å². The summed E-state index contributed by atoms with van der Waals surface area (Å²) in [5, 5.41) is 3.90. The maximum absolute atomic E-state index is 13.2. The summed E-state index contributed by atoms with van der Waals surface area (Å²) >= 11 is 0. The maximum Gasteiger partial charge on any atom is 0.410 e. The van der Waals surface area contributed by atoms with Crippen molar-refractivity contribution in [3.63, 3.8) is 0 Å². The van der Waals surface area contributed by atoms with Crippen LogP contribution in [0.1, 0.15) is 67.2 Å². The molecule has 4 atom stereocenters. The van der Waals surface area contributed by atoms with Gasteiger partial charge in [0.1, 0.15) is 5.60 Å². The number of azide groups is 1. The van der Waals surface area contributed by atoms with Crippen molar-refractivity contribution in [2.24, 2.45) is 11.0 Å². The molecule has 2 rings (SSSR count). The molecule has 0 aromatic rings. The quantitative estimate of drug-likeness (QED) is 0.186. The maximum atomic E-state index is 13.2. The largest absolute Gasteiger partial charge is 0.444 e. The predicted octanol–water partition coefficient (Wildman–Crippen LogP) is 5.86. The Labute approximate surface area is 200 Å². The molecule has 2 fully saturated rings. The number of nitrogens with zero attached hydrogens (tertiary/aromatic N) is 4. The number of hydrogen-bond donors (Lipinski definition) is 0. The van der Waals surface area contributed by atoms with Gasteiger partial charge in [-0.05, 0) is 70.1 Å². The van der Waals surface area contributed by atoms with Gasteiger partial charge in [-0.3, -0.25) is 0 Å². The van der Waals surface area contributed by atoms with Crippen LogP contribution in [0.4, 0.5) is 4.79 Å². The van der Waals surface area contributed by atoms with Gasteiger partial charge in [-0.2, -0.15) is 0 Å². The molecule has 10 heteroatoms. The van der Waals surface area contributed by atoms with Crippen molar-refractivity contribution in [2.45, 2.75) is 109 Å². The fourth-order valence-corrected chi connectivity index (χ4v) is 5.34. The van der Waals surface area contributed by atoms with Gasteiger partial charge >= 0.3 is 6.09 Å². The summed E-state index contributed by atoms with van der Waals surface area (Å²) in [6.45, 7) is 18.4. The Bertz CT molecular complexity index is 694. The zero-order valence-corrected chi connectivity index (χ0v) is 22.8. The number of ether oxygens (including phenoxy) is 3. The van der Waals surface area contributed by atoms with Crippen molar-refractivity contribution in [1.29, 1.82) is 0 Å². The van der Waals surface area contributed by atoms with Gasteiger partial charge in [0.05, 0.1) is 12.7 Å². The van der Waals surface area contributed by atoms with Gasteiger partial charge in [0, 0.05) is 36.6 Å². The van der Waals surface area contributed by atoms with Crippen LogP contribution in [0.15, 0.2) is 5.11 Å². The summed E-state index contributed by atoms with van der Waals surface area (Å²) in [5.74, 6) is -0.174. The second-order valence-corrected chi connectivity index (χ2v) is 16.5. The third-order valence-electron chi connectivity index (χ3n) is 6.76. The molecular weight excluding hydrogens is 440 g/mol. The molecule has 0 spiro atoms. The lowest BCUT2D eigenvalue weighted by Gasteiger charge is -2.38. The second-order valence-electron chi connectivity index (χ2n) is 11.7. The molecule has 2 aliphatic heterocycles. The van der Waals surface area contributed by atoms with Gasteiger partial charge in [0.15, 0.2) is 14.6 Å². The lowest BCUT2D eigenvalue weighted by atomic mass is 9.98. The molecule has 2 unspecified atom stereocenters. The lowest BCUT2D eigenvalue weighted by molar-refractivity contribution is -0.171. The minimum atomic E-state index is -2.03. The van der Waals surface area contributed by atoms with Gasteiger partial charge in [-0.1, -0.05) is 25.9 Å². The van der Waals surface area contributed by atoms with Gasteiger partial charge < -0.3 is 23.5 Å². The number of carbonyl (C=O) groups is 1. The van der Waals surface area contributed by atoms with E-state index in [0.29, 0.717) is 26.2 Å². The van der Waals surface area contributed by atoms with Crippen molar-refractivity contribution in [2.75, 3.05) is 26.3 Å². The minimum absolute atomic E-state index is 0.0633. The number of rotatable bonds is 8. The van der Waals surface area contributed by atoms with Crippen LogP contribution in [0.5, 0.6) is 0 Å². The number of hydrogen-bond acceptors (Lipinski definition) is 6. The van der Waals surface area contributed by atoms with Crippen LogP contribution in [0.25, 0.3) is 10.4 Å². The van der Waals surface area contributed by atoms with E-state index in [0.717, 1.165) is 19.3 Å². The van der Waals surface area contributed by atoms with Crippen molar-refractivity contribution in [3.8, 4) is 0 Å². The van der Waals surface area contributed by atoms with Crippen LogP contribution in [0, 0.1) is 5.92 Å². The highest BCUT2D eigenvalue weighted by Crippen LogP contribution is 2.40. The zero-order valence-electron chi connectivity index (χ0n) is 21.8. The summed E-state index contributed by atoms with van der Waals surface area (Å²) in [5.41, 5.74) is 8.36. The van der Waals surface area contributed by atoms with Crippen LogP contribution < -0.4 is 0 Å². The van der Waals surface area contributed by atoms with Crippen molar-refractivity contribution < 1.29 is 23.4 Å². The Morgan fingerprint density at radius 3 is 2.48 bits per heavy atom. The topological polar surface area (TPSA) is 106 Å². The number of carbonyl (C=O) groups excluding carboxylic acids is 1. The molecule has 0 radical (unpaired) electrons. The molecule has 2 heterocycles. The minimum Gasteiger partial charge on any atom is -0.444 e. The van der Waals surface area contributed by atoms with Gasteiger partial charge in [0.2, 0.25) is 0 Å². The molecule has 2 saturated heterocycles.